The molecular weight excluding hydrogens is 375 g/mol. The number of amides is 1. The van der Waals surface area contributed by atoms with Crippen LogP contribution in [-0.4, -0.2) is 23.0 Å². The van der Waals surface area contributed by atoms with Crippen LogP contribution in [0.3, 0.4) is 0 Å². The Morgan fingerprint density at radius 2 is 1.65 bits per heavy atom. The van der Waals surface area contributed by atoms with Crippen LogP contribution in [0.2, 0.25) is 10.0 Å². The van der Waals surface area contributed by atoms with E-state index in [4.69, 9.17) is 27.9 Å². The highest BCUT2D eigenvalue weighted by molar-refractivity contribution is 6.39. The van der Waals surface area contributed by atoms with E-state index in [0.29, 0.717) is 32.7 Å². The lowest BCUT2D eigenvalue weighted by Crippen LogP contribution is -2.13. The first-order valence-electron chi connectivity index (χ1n) is 7.56. The second-order valence-corrected chi connectivity index (χ2v) is 5.99. The van der Waals surface area contributed by atoms with E-state index in [1.54, 1.807) is 36.4 Å². The first-order chi connectivity index (χ1) is 12.6. The zero-order valence-corrected chi connectivity index (χ0v) is 15.2. The van der Waals surface area contributed by atoms with Gasteiger partial charge in [0.05, 0.1) is 34.1 Å². The number of benzene rings is 2. The smallest absolute Gasteiger partial charge is 0.258 e. The molecule has 0 aliphatic heterocycles. The van der Waals surface area contributed by atoms with Gasteiger partial charge in [0.25, 0.3) is 5.91 Å². The molecule has 1 amide bonds. The molecule has 0 radical (unpaired) electrons. The molecule has 0 atom stereocenters. The lowest BCUT2D eigenvalue weighted by Gasteiger charge is -2.10. The van der Waals surface area contributed by atoms with Crippen molar-refractivity contribution in [3.63, 3.8) is 0 Å². The number of hydrogen-bond donors (Lipinski definition) is 2. The summed E-state index contributed by atoms with van der Waals surface area (Å²) in [4.78, 5) is 20.6. The van der Waals surface area contributed by atoms with Gasteiger partial charge < -0.3 is 15.4 Å². The minimum absolute atomic E-state index is 0.272. The van der Waals surface area contributed by atoms with Gasteiger partial charge in [-0.15, -0.1) is 0 Å². The molecule has 0 unspecified atom stereocenters. The van der Waals surface area contributed by atoms with Crippen molar-refractivity contribution in [2.45, 2.75) is 0 Å². The van der Waals surface area contributed by atoms with E-state index in [-0.39, 0.29) is 11.9 Å². The molecule has 0 fully saturated rings. The van der Waals surface area contributed by atoms with Crippen LogP contribution in [0.15, 0.2) is 54.9 Å². The number of para-hydroxylation sites is 3. The molecule has 0 saturated heterocycles. The molecule has 8 heteroatoms. The van der Waals surface area contributed by atoms with E-state index >= 15 is 0 Å². The number of nitrogens with one attached hydrogen (secondary N) is 2. The molecule has 0 aliphatic rings. The second kappa shape index (κ2) is 8.03. The zero-order valence-electron chi connectivity index (χ0n) is 13.7. The van der Waals surface area contributed by atoms with E-state index in [9.17, 15) is 4.79 Å². The highest BCUT2D eigenvalue weighted by atomic mass is 35.5. The monoisotopic (exact) mass is 388 g/mol. The number of methoxy groups -OCH3 is 1. The molecule has 6 nitrogen and oxygen atoms in total. The van der Waals surface area contributed by atoms with Gasteiger partial charge in [-0.1, -0.05) is 41.4 Å². The van der Waals surface area contributed by atoms with Crippen molar-refractivity contribution in [3.8, 4) is 5.75 Å². The van der Waals surface area contributed by atoms with E-state index in [1.807, 2.05) is 6.07 Å². The summed E-state index contributed by atoms with van der Waals surface area (Å²) in [6, 6.07) is 12.3. The van der Waals surface area contributed by atoms with Gasteiger partial charge >= 0.3 is 0 Å². The van der Waals surface area contributed by atoms with Gasteiger partial charge in [-0.05, 0) is 24.3 Å². The highest BCUT2D eigenvalue weighted by Crippen LogP contribution is 2.31. The molecule has 26 heavy (non-hydrogen) atoms. The summed E-state index contributed by atoms with van der Waals surface area (Å²) in [5.41, 5.74) is 1.36. The van der Waals surface area contributed by atoms with E-state index in [2.05, 4.69) is 20.6 Å². The molecule has 1 aromatic heterocycles. The van der Waals surface area contributed by atoms with E-state index in [0.717, 1.165) is 0 Å². The summed E-state index contributed by atoms with van der Waals surface area (Å²) in [7, 11) is 1.54. The van der Waals surface area contributed by atoms with E-state index in [1.165, 1.54) is 19.5 Å². The topological polar surface area (TPSA) is 76.1 Å². The van der Waals surface area contributed by atoms with Crippen LogP contribution in [0.25, 0.3) is 0 Å². The van der Waals surface area contributed by atoms with Crippen LogP contribution in [0, 0.1) is 0 Å². The minimum atomic E-state index is -0.350. The summed E-state index contributed by atoms with van der Waals surface area (Å²) >= 11 is 12.2. The number of nitrogens with zero attached hydrogens (tertiary/aromatic N) is 2. The van der Waals surface area contributed by atoms with Gasteiger partial charge in [0.2, 0.25) is 5.95 Å². The van der Waals surface area contributed by atoms with Crippen LogP contribution in [0.5, 0.6) is 5.75 Å². The summed E-state index contributed by atoms with van der Waals surface area (Å²) in [6.45, 7) is 0. The SMILES string of the molecule is COc1ccccc1NC(=O)c1cnc(Nc2c(Cl)cccc2Cl)nc1. The Kier molecular flexibility index (Phi) is 5.55. The van der Waals surface area contributed by atoms with Gasteiger partial charge in [-0.25, -0.2) is 9.97 Å². The normalized spacial score (nSPS) is 10.3. The van der Waals surface area contributed by atoms with Crippen molar-refractivity contribution in [2.24, 2.45) is 0 Å². The van der Waals surface area contributed by atoms with Crippen molar-refractivity contribution in [3.05, 3.63) is 70.5 Å². The van der Waals surface area contributed by atoms with Crippen LogP contribution in [0.4, 0.5) is 17.3 Å². The fourth-order valence-corrected chi connectivity index (χ4v) is 2.67. The number of halogens is 2. The Bertz CT molecular complexity index is 912. The van der Waals surface area contributed by atoms with Crippen LogP contribution >= 0.6 is 23.2 Å². The van der Waals surface area contributed by atoms with Gasteiger partial charge in [0, 0.05) is 12.4 Å². The van der Waals surface area contributed by atoms with Gasteiger partial charge in [-0.3, -0.25) is 4.79 Å². The van der Waals surface area contributed by atoms with E-state index < -0.39 is 0 Å². The standard InChI is InChI=1S/C18H14Cl2N4O2/c1-26-15-8-3-2-7-14(15)23-17(25)11-9-21-18(22-10-11)24-16-12(19)5-4-6-13(16)20/h2-10H,1H3,(H,23,25)(H,21,22,24). The largest absolute Gasteiger partial charge is 0.495 e. The minimum Gasteiger partial charge on any atom is -0.495 e. The Balaban J connectivity index is 1.74. The molecule has 2 N–H and O–H groups in total. The lowest BCUT2D eigenvalue weighted by atomic mass is 10.2. The lowest BCUT2D eigenvalue weighted by molar-refractivity contribution is 0.102. The molecule has 2 aromatic carbocycles. The van der Waals surface area contributed by atoms with Crippen molar-refractivity contribution in [1.29, 1.82) is 0 Å². The maximum absolute atomic E-state index is 12.4. The third kappa shape index (κ3) is 4.04. The van der Waals surface area contributed by atoms with Crippen LogP contribution < -0.4 is 15.4 Å². The molecule has 0 spiro atoms. The maximum Gasteiger partial charge on any atom is 0.258 e. The Morgan fingerprint density at radius 1 is 1.00 bits per heavy atom. The Morgan fingerprint density at radius 3 is 2.31 bits per heavy atom. The molecule has 0 bridgehead atoms. The third-order valence-corrected chi connectivity index (χ3v) is 4.10. The van der Waals surface area contributed by atoms with Gasteiger partial charge in [0.1, 0.15) is 5.75 Å². The van der Waals surface area contributed by atoms with Crippen molar-refractivity contribution < 1.29 is 9.53 Å². The highest BCUT2D eigenvalue weighted by Gasteiger charge is 2.12. The number of rotatable bonds is 5. The zero-order chi connectivity index (χ0) is 18.5. The number of ether oxygens (including phenoxy) is 1. The Labute approximate surface area is 160 Å². The molecule has 0 saturated carbocycles. The van der Waals surface area contributed by atoms with Crippen molar-refractivity contribution in [1.82, 2.24) is 9.97 Å². The number of aromatic nitrogens is 2. The Hall–Kier alpha value is -2.83. The van der Waals surface area contributed by atoms with Crippen molar-refractivity contribution in [2.75, 3.05) is 17.7 Å². The molecule has 0 aliphatic carbocycles. The molecule has 3 rings (SSSR count). The summed E-state index contributed by atoms with van der Waals surface area (Å²) in [5.74, 6) is 0.485. The second-order valence-electron chi connectivity index (χ2n) is 5.17. The van der Waals surface area contributed by atoms with Crippen LogP contribution in [0.1, 0.15) is 10.4 Å². The summed E-state index contributed by atoms with van der Waals surface area (Å²) in [6.07, 6.45) is 2.82. The summed E-state index contributed by atoms with van der Waals surface area (Å²) < 4.78 is 5.21. The molecule has 132 valence electrons. The molecule has 3 aromatic rings. The van der Waals surface area contributed by atoms with Gasteiger partial charge in [0.15, 0.2) is 0 Å². The fraction of sp³-hybridized carbons (Fsp3) is 0.0556. The fourth-order valence-electron chi connectivity index (χ4n) is 2.18. The number of anilines is 3. The number of carbonyl (C=O) groups is 1. The predicted octanol–water partition coefficient (Wildman–Crippen LogP) is 4.79. The average molecular weight is 389 g/mol. The maximum atomic E-state index is 12.4. The molecular formula is C18H14Cl2N4O2. The molecule has 1 heterocycles. The number of carbonyl (C=O) groups excluding carboxylic acids is 1. The first kappa shape index (κ1) is 18.0. The third-order valence-electron chi connectivity index (χ3n) is 3.47. The quantitative estimate of drug-likeness (QED) is 0.656. The first-order valence-corrected chi connectivity index (χ1v) is 8.31. The van der Waals surface area contributed by atoms with Crippen molar-refractivity contribution >= 4 is 46.4 Å². The predicted molar refractivity (Wildman–Crippen MR) is 103 cm³/mol. The van der Waals surface area contributed by atoms with Gasteiger partial charge in [-0.2, -0.15) is 0 Å². The average Bonchev–Trinajstić information content (AvgIpc) is 2.66. The van der Waals surface area contributed by atoms with Crippen LogP contribution in [-0.2, 0) is 0 Å². The number of hydrogen-bond acceptors (Lipinski definition) is 5. The summed E-state index contributed by atoms with van der Waals surface area (Å²) in [5, 5.41) is 6.58.